The Morgan fingerprint density at radius 1 is 1.03 bits per heavy atom. The number of nitrogens with zero attached hydrogens (tertiary/aromatic N) is 1. The number of ether oxygens (including phenoxy) is 3. The number of methoxy groups -OCH3 is 1. The van der Waals surface area contributed by atoms with Crippen LogP contribution < -0.4 is 24.4 Å². The zero-order valence-corrected chi connectivity index (χ0v) is 17.9. The van der Waals surface area contributed by atoms with Crippen LogP contribution >= 0.6 is 0 Å². The SMILES string of the molecule is COc1ccccc1OCC(=O)Nc1ccc2c(c1)N(Cc1ccccc1)C(=O)C(C)O2. The van der Waals surface area contributed by atoms with Gasteiger partial charge in [-0.05, 0) is 42.8 Å². The normalized spacial score (nSPS) is 14.9. The Morgan fingerprint density at radius 2 is 1.75 bits per heavy atom. The largest absolute Gasteiger partial charge is 0.493 e. The summed E-state index contributed by atoms with van der Waals surface area (Å²) in [6.07, 6.45) is -0.582. The number of fused-ring (bicyclic) bond motifs is 1. The maximum absolute atomic E-state index is 12.8. The van der Waals surface area contributed by atoms with Gasteiger partial charge >= 0.3 is 0 Å². The van der Waals surface area contributed by atoms with Crippen molar-refractivity contribution in [3.05, 3.63) is 78.4 Å². The van der Waals surface area contributed by atoms with Gasteiger partial charge < -0.3 is 24.4 Å². The molecule has 164 valence electrons. The summed E-state index contributed by atoms with van der Waals surface area (Å²) in [5.74, 6) is 1.16. The van der Waals surface area contributed by atoms with Crippen LogP contribution in [-0.4, -0.2) is 31.6 Å². The van der Waals surface area contributed by atoms with E-state index in [4.69, 9.17) is 14.2 Å². The van der Waals surface area contributed by atoms with E-state index in [1.54, 1.807) is 55.3 Å². The highest BCUT2D eigenvalue weighted by atomic mass is 16.5. The van der Waals surface area contributed by atoms with E-state index in [0.29, 0.717) is 35.2 Å². The van der Waals surface area contributed by atoms with Crippen LogP contribution in [0.15, 0.2) is 72.8 Å². The predicted octanol–water partition coefficient (Wildman–Crippen LogP) is 4.03. The summed E-state index contributed by atoms with van der Waals surface area (Å²) in [6, 6.07) is 22.1. The fraction of sp³-hybridized carbons (Fsp3) is 0.200. The minimum absolute atomic E-state index is 0.135. The number of carbonyl (C=O) groups is 2. The number of hydrogen-bond acceptors (Lipinski definition) is 5. The molecule has 0 fully saturated rings. The smallest absolute Gasteiger partial charge is 0.268 e. The van der Waals surface area contributed by atoms with E-state index in [0.717, 1.165) is 5.56 Å². The summed E-state index contributed by atoms with van der Waals surface area (Å²) in [4.78, 5) is 27.0. The molecule has 0 aliphatic carbocycles. The van der Waals surface area contributed by atoms with Crippen molar-refractivity contribution in [3.63, 3.8) is 0 Å². The van der Waals surface area contributed by atoms with Gasteiger partial charge in [0, 0.05) is 5.69 Å². The third-order valence-electron chi connectivity index (χ3n) is 5.06. The van der Waals surface area contributed by atoms with Gasteiger partial charge in [-0.2, -0.15) is 0 Å². The van der Waals surface area contributed by atoms with E-state index < -0.39 is 6.10 Å². The molecule has 0 saturated carbocycles. The summed E-state index contributed by atoms with van der Waals surface area (Å²) < 4.78 is 16.6. The Labute approximate surface area is 186 Å². The second-order valence-electron chi connectivity index (χ2n) is 7.34. The lowest BCUT2D eigenvalue weighted by molar-refractivity contribution is -0.125. The van der Waals surface area contributed by atoms with Crippen LogP contribution in [0.4, 0.5) is 11.4 Å². The molecule has 3 aromatic rings. The van der Waals surface area contributed by atoms with Gasteiger partial charge in [0.25, 0.3) is 11.8 Å². The zero-order valence-electron chi connectivity index (χ0n) is 17.9. The van der Waals surface area contributed by atoms with Gasteiger partial charge in [-0.15, -0.1) is 0 Å². The van der Waals surface area contributed by atoms with Crippen molar-refractivity contribution in [2.75, 3.05) is 23.9 Å². The fourth-order valence-corrected chi connectivity index (χ4v) is 3.49. The number of carbonyl (C=O) groups excluding carboxylic acids is 2. The molecule has 0 saturated heterocycles. The molecule has 4 rings (SSSR count). The molecular weight excluding hydrogens is 408 g/mol. The van der Waals surface area contributed by atoms with Crippen molar-refractivity contribution in [2.24, 2.45) is 0 Å². The van der Waals surface area contributed by atoms with E-state index in [-0.39, 0.29) is 18.4 Å². The third kappa shape index (κ3) is 4.67. The van der Waals surface area contributed by atoms with E-state index >= 15 is 0 Å². The number of hydrogen-bond donors (Lipinski definition) is 1. The van der Waals surface area contributed by atoms with Crippen molar-refractivity contribution < 1.29 is 23.8 Å². The number of benzene rings is 3. The second-order valence-corrected chi connectivity index (χ2v) is 7.34. The monoisotopic (exact) mass is 432 g/mol. The molecule has 7 nitrogen and oxygen atoms in total. The quantitative estimate of drug-likeness (QED) is 0.610. The number of amides is 2. The summed E-state index contributed by atoms with van der Waals surface area (Å²) in [5, 5.41) is 2.81. The third-order valence-corrected chi connectivity index (χ3v) is 5.06. The summed E-state index contributed by atoms with van der Waals surface area (Å²) in [6.45, 7) is 1.96. The molecule has 0 bridgehead atoms. The van der Waals surface area contributed by atoms with Crippen LogP contribution in [0.2, 0.25) is 0 Å². The molecule has 0 radical (unpaired) electrons. The first-order valence-corrected chi connectivity index (χ1v) is 10.3. The molecule has 2 amide bonds. The van der Waals surface area contributed by atoms with Crippen LogP contribution in [0.3, 0.4) is 0 Å². The van der Waals surface area contributed by atoms with E-state index in [9.17, 15) is 9.59 Å². The van der Waals surface area contributed by atoms with Crippen molar-refractivity contribution in [1.82, 2.24) is 0 Å². The minimum atomic E-state index is -0.582. The first kappa shape index (κ1) is 21.2. The Hall–Kier alpha value is -4.00. The van der Waals surface area contributed by atoms with E-state index in [1.807, 2.05) is 36.4 Å². The van der Waals surface area contributed by atoms with Crippen LogP contribution in [0, 0.1) is 0 Å². The molecule has 32 heavy (non-hydrogen) atoms. The van der Waals surface area contributed by atoms with Crippen LogP contribution in [-0.2, 0) is 16.1 Å². The van der Waals surface area contributed by atoms with Gasteiger partial charge in [0.05, 0.1) is 19.3 Å². The predicted molar refractivity (Wildman–Crippen MR) is 121 cm³/mol. The Bertz CT molecular complexity index is 1120. The Balaban J connectivity index is 1.49. The van der Waals surface area contributed by atoms with Gasteiger partial charge in [0.1, 0.15) is 5.75 Å². The molecule has 1 heterocycles. The molecule has 0 spiro atoms. The summed E-state index contributed by atoms with van der Waals surface area (Å²) >= 11 is 0. The van der Waals surface area contributed by atoms with E-state index in [2.05, 4.69) is 5.32 Å². The lowest BCUT2D eigenvalue weighted by atomic mass is 10.1. The molecule has 7 heteroatoms. The van der Waals surface area contributed by atoms with Gasteiger partial charge in [0.2, 0.25) is 0 Å². The Morgan fingerprint density at radius 3 is 2.50 bits per heavy atom. The van der Waals surface area contributed by atoms with E-state index in [1.165, 1.54) is 0 Å². The van der Waals surface area contributed by atoms with Gasteiger partial charge in [-0.3, -0.25) is 9.59 Å². The molecule has 1 aliphatic rings. The highest BCUT2D eigenvalue weighted by molar-refractivity contribution is 6.01. The van der Waals surface area contributed by atoms with Crippen molar-refractivity contribution in [2.45, 2.75) is 19.6 Å². The Kier molecular flexibility index (Phi) is 6.26. The molecular formula is C25H24N2O5. The lowest BCUT2D eigenvalue weighted by Gasteiger charge is -2.33. The van der Waals surface area contributed by atoms with Crippen molar-refractivity contribution in [3.8, 4) is 17.2 Å². The standard InChI is InChI=1S/C25H24N2O5/c1-17-25(29)27(15-18-8-4-3-5-9-18)20-14-19(12-13-21(20)32-17)26-24(28)16-31-23-11-7-6-10-22(23)30-2/h3-14,17H,15-16H2,1-2H3,(H,26,28). The topological polar surface area (TPSA) is 77.1 Å². The van der Waals surface area contributed by atoms with Crippen LogP contribution in [0.1, 0.15) is 12.5 Å². The number of nitrogens with one attached hydrogen (secondary N) is 1. The van der Waals surface area contributed by atoms with Crippen molar-refractivity contribution in [1.29, 1.82) is 0 Å². The number of rotatable bonds is 7. The highest BCUT2D eigenvalue weighted by Crippen LogP contribution is 2.37. The van der Waals surface area contributed by atoms with Gasteiger partial charge in [-0.1, -0.05) is 42.5 Å². The minimum Gasteiger partial charge on any atom is -0.493 e. The molecule has 1 aliphatic heterocycles. The molecule has 1 atom stereocenters. The molecule has 3 aromatic carbocycles. The highest BCUT2D eigenvalue weighted by Gasteiger charge is 2.31. The van der Waals surface area contributed by atoms with Crippen LogP contribution in [0.5, 0.6) is 17.2 Å². The average molecular weight is 432 g/mol. The molecule has 1 N–H and O–H groups in total. The lowest BCUT2D eigenvalue weighted by Crippen LogP contribution is -2.44. The maximum Gasteiger partial charge on any atom is 0.268 e. The summed E-state index contributed by atoms with van der Waals surface area (Å²) in [7, 11) is 1.54. The maximum atomic E-state index is 12.8. The van der Waals surface area contributed by atoms with Gasteiger partial charge in [-0.25, -0.2) is 0 Å². The average Bonchev–Trinajstić information content (AvgIpc) is 2.82. The summed E-state index contributed by atoms with van der Waals surface area (Å²) in [5.41, 5.74) is 2.15. The second kappa shape index (κ2) is 9.43. The fourth-order valence-electron chi connectivity index (χ4n) is 3.49. The first-order chi connectivity index (χ1) is 15.5. The number of para-hydroxylation sites is 2. The van der Waals surface area contributed by atoms with Crippen LogP contribution in [0.25, 0.3) is 0 Å². The van der Waals surface area contributed by atoms with Crippen molar-refractivity contribution >= 4 is 23.2 Å². The molecule has 0 aromatic heterocycles. The number of anilines is 2. The first-order valence-electron chi connectivity index (χ1n) is 10.3. The molecule has 1 unspecified atom stereocenters. The van der Waals surface area contributed by atoms with Gasteiger partial charge in [0.15, 0.2) is 24.2 Å². The zero-order chi connectivity index (χ0) is 22.5.